The van der Waals surface area contributed by atoms with Crippen LogP contribution in [0.5, 0.6) is 5.75 Å². The molecule has 1 amide bonds. The van der Waals surface area contributed by atoms with Crippen molar-refractivity contribution in [3.05, 3.63) is 97.1 Å². The Morgan fingerprint density at radius 3 is 2.45 bits per heavy atom. The van der Waals surface area contributed by atoms with Crippen molar-refractivity contribution in [1.82, 2.24) is 9.55 Å². The summed E-state index contributed by atoms with van der Waals surface area (Å²) in [6.07, 6.45) is 5.32. The number of rotatable bonds is 6. The van der Waals surface area contributed by atoms with E-state index in [1.54, 1.807) is 12.5 Å². The maximum absolute atomic E-state index is 12.2. The number of nitrogens with zero attached hydrogens (tertiary/aromatic N) is 2. The van der Waals surface area contributed by atoms with Crippen LogP contribution in [0.4, 0.5) is 5.69 Å². The topological polar surface area (TPSA) is 56.1 Å². The summed E-state index contributed by atoms with van der Waals surface area (Å²) in [4.78, 5) is 16.2. The number of ether oxygens (including phenoxy) is 1. The van der Waals surface area contributed by atoms with E-state index >= 15 is 0 Å². The maximum Gasteiger partial charge on any atom is 0.262 e. The SMILES string of the molecule is Cc1ccccc1-c1ccc(NC(=O)COc2ccc(-n3ccnc3)cc2)cc1. The molecule has 4 aromatic rings. The van der Waals surface area contributed by atoms with Gasteiger partial charge in [0.15, 0.2) is 6.61 Å². The van der Waals surface area contributed by atoms with Gasteiger partial charge in [-0.2, -0.15) is 0 Å². The Hall–Kier alpha value is -3.86. The predicted molar refractivity (Wildman–Crippen MR) is 114 cm³/mol. The van der Waals surface area contributed by atoms with Gasteiger partial charge >= 0.3 is 0 Å². The molecule has 0 aliphatic heterocycles. The lowest BCUT2D eigenvalue weighted by atomic mass is 10.0. The molecule has 1 N–H and O–H groups in total. The lowest BCUT2D eigenvalue weighted by Crippen LogP contribution is -2.20. The molecule has 4 rings (SSSR count). The van der Waals surface area contributed by atoms with Crippen LogP contribution in [-0.2, 0) is 4.79 Å². The molecular formula is C24H21N3O2. The van der Waals surface area contributed by atoms with Crippen LogP contribution >= 0.6 is 0 Å². The molecule has 1 aromatic heterocycles. The second-order valence-electron chi connectivity index (χ2n) is 6.69. The fourth-order valence-electron chi connectivity index (χ4n) is 3.10. The molecule has 0 aliphatic carbocycles. The second-order valence-corrected chi connectivity index (χ2v) is 6.69. The fraction of sp³-hybridized carbons (Fsp3) is 0.0833. The Kier molecular flexibility index (Phi) is 5.38. The molecule has 0 spiro atoms. The summed E-state index contributed by atoms with van der Waals surface area (Å²) in [5.74, 6) is 0.436. The monoisotopic (exact) mass is 383 g/mol. The van der Waals surface area contributed by atoms with Gasteiger partial charge in [-0.1, -0.05) is 36.4 Å². The third-order valence-electron chi connectivity index (χ3n) is 4.63. The number of nitrogens with one attached hydrogen (secondary N) is 1. The molecule has 0 radical (unpaired) electrons. The van der Waals surface area contributed by atoms with Gasteiger partial charge in [0.05, 0.1) is 6.33 Å². The molecule has 144 valence electrons. The van der Waals surface area contributed by atoms with Gasteiger partial charge in [-0.05, 0) is 60.0 Å². The summed E-state index contributed by atoms with van der Waals surface area (Å²) in [6, 6.07) is 23.5. The van der Waals surface area contributed by atoms with E-state index in [0.717, 1.165) is 16.9 Å². The van der Waals surface area contributed by atoms with Crippen LogP contribution in [0.1, 0.15) is 5.56 Å². The lowest BCUT2D eigenvalue weighted by Gasteiger charge is -2.10. The Bertz CT molecular complexity index is 1090. The van der Waals surface area contributed by atoms with Crippen molar-refractivity contribution in [3.8, 4) is 22.6 Å². The number of imidazole rings is 1. The number of carbonyl (C=O) groups is 1. The van der Waals surface area contributed by atoms with Crippen LogP contribution in [0.15, 0.2) is 91.5 Å². The van der Waals surface area contributed by atoms with Gasteiger partial charge in [0.1, 0.15) is 5.75 Å². The number of hydrogen-bond acceptors (Lipinski definition) is 3. The highest BCUT2D eigenvalue weighted by Gasteiger charge is 2.06. The van der Waals surface area contributed by atoms with Crippen LogP contribution in [-0.4, -0.2) is 22.1 Å². The van der Waals surface area contributed by atoms with E-state index in [1.807, 2.05) is 71.4 Å². The average molecular weight is 383 g/mol. The zero-order valence-electron chi connectivity index (χ0n) is 16.1. The minimum absolute atomic E-state index is 0.0516. The first-order valence-electron chi connectivity index (χ1n) is 9.36. The van der Waals surface area contributed by atoms with Gasteiger partial charge in [0, 0.05) is 23.8 Å². The van der Waals surface area contributed by atoms with Crippen molar-refractivity contribution in [1.29, 1.82) is 0 Å². The summed E-state index contributed by atoms with van der Waals surface area (Å²) < 4.78 is 7.48. The largest absolute Gasteiger partial charge is 0.484 e. The molecule has 0 saturated heterocycles. The van der Waals surface area contributed by atoms with E-state index in [2.05, 4.69) is 29.4 Å². The number of amides is 1. The van der Waals surface area contributed by atoms with Gasteiger partial charge in [-0.25, -0.2) is 4.98 Å². The number of benzene rings is 3. The van der Waals surface area contributed by atoms with E-state index < -0.39 is 0 Å². The van der Waals surface area contributed by atoms with Gasteiger partial charge in [-0.3, -0.25) is 4.79 Å². The smallest absolute Gasteiger partial charge is 0.262 e. The summed E-state index contributed by atoms with van der Waals surface area (Å²) in [5.41, 5.74) is 5.25. The molecule has 5 nitrogen and oxygen atoms in total. The second kappa shape index (κ2) is 8.44. The van der Waals surface area contributed by atoms with Gasteiger partial charge < -0.3 is 14.6 Å². The molecular weight excluding hydrogens is 362 g/mol. The zero-order chi connectivity index (χ0) is 20.1. The number of anilines is 1. The number of hydrogen-bond donors (Lipinski definition) is 1. The average Bonchev–Trinajstić information content (AvgIpc) is 3.29. The van der Waals surface area contributed by atoms with Gasteiger partial charge in [0.2, 0.25) is 0 Å². The van der Waals surface area contributed by atoms with Crippen LogP contribution < -0.4 is 10.1 Å². The normalized spacial score (nSPS) is 10.5. The highest BCUT2D eigenvalue weighted by atomic mass is 16.5. The maximum atomic E-state index is 12.2. The molecule has 3 aromatic carbocycles. The Morgan fingerprint density at radius 2 is 1.76 bits per heavy atom. The molecule has 0 atom stereocenters. The number of carbonyl (C=O) groups excluding carboxylic acids is 1. The van der Waals surface area contributed by atoms with E-state index in [0.29, 0.717) is 5.75 Å². The van der Waals surface area contributed by atoms with E-state index in [9.17, 15) is 4.79 Å². The molecule has 0 saturated carbocycles. The molecule has 29 heavy (non-hydrogen) atoms. The first kappa shape index (κ1) is 18.5. The number of aromatic nitrogens is 2. The highest BCUT2D eigenvalue weighted by Crippen LogP contribution is 2.24. The van der Waals surface area contributed by atoms with Crippen molar-refractivity contribution in [2.45, 2.75) is 6.92 Å². The summed E-state index contributed by atoms with van der Waals surface area (Å²) in [5, 5.41) is 2.86. The van der Waals surface area contributed by atoms with E-state index in [1.165, 1.54) is 11.1 Å². The number of aryl methyl sites for hydroxylation is 1. The van der Waals surface area contributed by atoms with E-state index in [-0.39, 0.29) is 12.5 Å². The standard InChI is InChI=1S/C24H21N3O2/c1-18-4-2-3-5-23(18)19-6-8-20(9-7-19)26-24(28)16-29-22-12-10-21(11-13-22)27-15-14-25-17-27/h2-15,17H,16H2,1H3,(H,26,28). The van der Waals surface area contributed by atoms with E-state index in [4.69, 9.17) is 4.74 Å². The Morgan fingerprint density at radius 1 is 1.00 bits per heavy atom. The van der Waals surface area contributed by atoms with Crippen LogP contribution in [0.25, 0.3) is 16.8 Å². The molecule has 0 aliphatic rings. The molecule has 5 heteroatoms. The van der Waals surface area contributed by atoms with Crippen LogP contribution in [0, 0.1) is 6.92 Å². The van der Waals surface area contributed by atoms with Crippen LogP contribution in [0.2, 0.25) is 0 Å². The minimum atomic E-state index is -0.202. The summed E-state index contributed by atoms with van der Waals surface area (Å²) >= 11 is 0. The van der Waals surface area contributed by atoms with Crippen molar-refractivity contribution in [2.75, 3.05) is 11.9 Å². The van der Waals surface area contributed by atoms with Crippen molar-refractivity contribution in [3.63, 3.8) is 0 Å². The van der Waals surface area contributed by atoms with Crippen molar-refractivity contribution in [2.24, 2.45) is 0 Å². The third-order valence-corrected chi connectivity index (χ3v) is 4.63. The summed E-state index contributed by atoms with van der Waals surface area (Å²) in [7, 11) is 0. The molecule has 0 bridgehead atoms. The summed E-state index contributed by atoms with van der Waals surface area (Å²) in [6.45, 7) is 2.04. The first-order chi connectivity index (χ1) is 14.2. The van der Waals surface area contributed by atoms with Crippen LogP contribution in [0.3, 0.4) is 0 Å². The first-order valence-corrected chi connectivity index (χ1v) is 9.36. The van der Waals surface area contributed by atoms with Crippen molar-refractivity contribution >= 4 is 11.6 Å². The minimum Gasteiger partial charge on any atom is -0.484 e. The molecule has 1 heterocycles. The highest BCUT2D eigenvalue weighted by molar-refractivity contribution is 5.92. The fourth-order valence-corrected chi connectivity index (χ4v) is 3.10. The Balaban J connectivity index is 1.32. The Labute approximate surface area is 169 Å². The molecule has 0 fully saturated rings. The van der Waals surface area contributed by atoms with Gasteiger partial charge in [-0.15, -0.1) is 0 Å². The molecule has 0 unspecified atom stereocenters. The third kappa shape index (κ3) is 4.52. The predicted octanol–water partition coefficient (Wildman–Crippen LogP) is 4.87. The zero-order valence-corrected chi connectivity index (χ0v) is 16.1. The quantitative estimate of drug-likeness (QED) is 0.517. The lowest BCUT2D eigenvalue weighted by molar-refractivity contribution is -0.118. The van der Waals surface area contributed by atoms with Crippen molar-refractivity contribution < 1.29 is 9.53 Å². The van der Waals surface area contributed by atoms with Gasteiger partial charge in [0.25, 0.3) is 5.91 Å².